The number of piperazine rings is 1. The number of nitriles is 1. The first-order chi connectivity index (χ1) is 19.9. The molecule has 5 rings (SSSR count). The smallest absolute Gasteiger partial charge is 0.248 e. The van der Waals surface area contributed by atoms with E-state index in [0.29, 0.717) is 52.3 Å². The second-order valence-electron chi connectivity index (χ2n) is 10.2. The maximum absolute atomic E-state index is 13.0. The lowest BCUT2D eigenvalue weighted by atomic mass is 10.0. The van der Waals surface area contributed by atoms with Crippen LogP contribution < -0.4 is 15.4 Å². The molecule has 2 aromatic heterocycles. The molecule has 2 N–H and O–H groups in total. The molecule has 0 spiro atoms. The quantitative estimate of drug-likeness (QED) is 0.293. The Bertz CT molecular complexity index is 1640. The van der Waals surface area contributed by atoms with Crippen LogP contribution in [0.5, 0.6) is 5.75 Å². The Morgan fingerprint density at radius 2 is 1.95 bits per heavy atom. The molecule has 1 amide bonds. The average molecular weight is 553 g/mol. The molecule has 1 saturated heterocycles. The number of nitrogens with zero attached hydrogens (tertiary/aromatic N) is 6. The maximum Gasteiger partial charge on any atom is 0.248 e. The van der Waals surface area contributed by atoms with Crippen LogP contribution >= 0.6 is 0 Å². The number of nitrogens with one attached hydrogen (secondary N) is 2. The van der Waals surface area contributed by atoms with E-state index in [1.54, 1.807) is 6.08 Å². The lowest BCUT2D eigenvalue weighted by Crippen LogP contribution is -2.44. The van der Waals surface area contributed by atoms with E-state index in [4.69, 9.17) is 9.72 Å². The van der Waals surface area contributed by atoms with Crippen molar-refractivity contribution in [1.29, 1.82) is 5.26 Å². The summed E-state index contributed by atoms with van der Waals surface area (Å²) in [5, 5.41) is 22.7. The van der Waals surface area contributed by atoms with Crippen LogP contribution in [0.4, 0.5) is 17.1 Å². The van der Waals surface area contributed by atoms with E-state index in [-0.39, 0.29) is 5.91 Å². The highest BCUT2D eigenvalue weighted by atomic mass is 16.5. The predicted octanol–water partition coefficient (Wildman–Crippen LogP) is 4.44. The van der Waals surface area contributed by atoms with Crippen LogP contribution in [0.2, 0.25) is 0 Å². The van der Waals surface area contributed by atoms with E-state index < -0.39 is 0 Å². The number of likely N-dealkylation sites (N-methyl/N-ethyl adjacent to an activating group) is 1. The standard InChI is InChI=1S/C31H36N8O2/c1-5-25-24(19-32)31(34-22-9-10-28-21(16-22)20-33-38(28)4)23-17-27(29(41-6-2)18-26(23)35-25)36-30(40)8-7-11-39-14-12-37(3)13-15-39/h7-10,16-18,20H,5-6,11-15H2,1-4H3,(H,34,35)(H,36,40)/b8-7+. The zero-order chi connectivity index (χ0) is 28.9. The van der Waals surface area contributed by atoms with E-state index in [2.05, 4.69) is 38.6 Å². The summed E-state index contributed by atoms with van der Waals surface area (Å²) >= 11 is 0. The average Bonchev–Trinajstić information content (AvgIpc) is 3.34. The number of aryl methyl sites for hydroxylation is 2. The molecule has 0 saturated carbocycles. The third-order valence-electron chi connectivity index (χ3n) is 7.41. The van der Waals surface area contributed by atoms with Crippen molar-refractivity contribution in [2.45, 2.75) is 20.3 Å². The molecule has 0 radical (unpaired) electrons. The van der Waals surface area contributed by atoms with Gasteiger partial charge in [-0.2, -0.15) is 10.4 Å². The van der Waals surface area contributed by atoms with Crippen molar-refractivity contribution in [3.05, 3.63) is 59.9 Å². The van der Waals surface area contributed by atoms with Gasteiger partial charge in [0.15, 0.2) is 0 Å². The van der Waals surface area contributed by atoms with E-state index in [1.807, 2.05) is 68.2 Å². The lowest BCUT2D eigenvalue weighted by molar-refractivity contribution is -0.111. The largest absolute Gasteiger partial charge is 0.492 e. The third kappa shape index (κ3) is 6.16. The molecule has 1 aliphatic rings. The second kappa shape index (κ2) is 12.4. The van der Waals surface area contributed by atoms with Gasteiger partial charge in [-0.05, 0) is 44.7 Å². The summed E-state index contributed by atoms with van der Waals surface area (Å²) in [6.45, 7) is 9.06. The predicted molar refractivity (Wildman–Crippen MR) is 163 cm³/mol. The molecule has 3 heterocycles. The number of fused-ring (bicyclic) bond motifs is 2. The summed E-state index contributed by atoms with van der Waals surface area (Å²) in [4.78, 5) is 22.4. The minimum absolute atomic E-state index is 0.241. The van der Waals surface area contributed by atoms with Gasteiger partial charge in [-0.1, -0.05) is 13.0 Å². The Balaban J connectivity index is 1.49. The lowest BCUT2D eigenvalue weighted by Gasteiger charge is -2.31. The van der Waals surface area contributed by atoms with Crippen LogP contribution in [0.3, 0.4) is 0 Å². The van der Waals surface area contributed by atoms with Gasteiger partial charge < -0.3 is 20.3 Å². The van der Waals surface area contributed by atoms with Gasteiger partial charge in [-0.25, -0.2) is 0 Å². The molecule has 10 heteroatoms. The van der Waals surface area contributed by atoms with Gasteiger partial charge in [0.05, 0.1) is 46.5 Å². The van der Waals surface area contributed by atoms with Crippen LogP contribution in [0.25, 0.3) is 21.8 Å². The number of aromatic nitrogens is 3. The molecule has 212 valence electrons. The monoisotopic (exact) mass is 552 g/mol. The molecular weight excluding hydrogens is 516 g/mol. The Hall–Kier alpha value is -4.46. The van der Waals surface area contributed by atoms with Crippen LogP contribution in [-0.2, 0) is 18.3 Å². The Morgan fingerprint density at radius 1 is 1.15 bits per heavy atom. The number of ether oxygens (including phenoxy) is 1. The molecule has 0 aliphatic carbocycles. The van der Waals surface area contributed by atoms with Gasteiger partial charge in [0.1, 0.15) is 11.8 Å². The van der Waals surface area contributed by atoms with Crippen molar-refractivity contribution in [2.75, 3.05) is 57.0 Å². The fraction of sp³-hybridized carbons (Fsp3) is 0.355. The van der Waals surface area contributed by atoms with Crippen molar-refractivity contribution in [3.8, 4) is 11.8 Å². The van der Waals surface area contributed by atoms with Gasteiger partial charge in [0, 0.05) is 68.4 Å². The molecule has 10 nitrogen and oxygen atoms in total. The first kappa shape index (κ1) is 28.1. The van der Waals surface area contributed by atoms with Crippen molar-refractivity contribution in [3.63, 3.8) is 0 Å². The van der Waals surface area contributed by atoms with Gasteiger partial charge in [0.2, 0.25) is 5.91 Å². The Morgan fingerprint density at radius 3 is 2.68 bits per heavy atom. The van der Waals surface area contributed by atoms with E-state index >= 15 is 0 Å². The fourth-order valence-corrected chi connectivity index (χ4v) is 5.12. The number of rotatable bonds is 9. The number of hydrogen-bond donors (Lipinski definition) is 2. The van der Waals surface area contributed by atoms with Crippen molar-refractivity contribution in [2.24, 2.45) is 7.05 Å². The van der Waals surface area contributed by atoms with Gasteiger partial charge >= 0.3 is 0 Å². The number of anilines is 3. The van der Waals surface area contributed by atoms with Gasteiger partial charge in [-0.3, -0.25) is 19.4 Å². The highest BCUT2D eigenvalue weighted by Crippen LogP contribution is 2.38. The van der Waals surface area contributed by atoms with E-state index in [1.165, 1.54) is 0 Å². The number of benzene rings is 2. The normalized spacial score (nSPS) is 14.5. The molecule has 0 unspecified atom stereocenters. The zero-order valence-electron chi connectivity index (χ0n) is 24.1. The Kier molecular flexibility index (Phi) is 8.47. The third-order valence-corrected chi connectivity index (χ3v) is 7.41. The Labute approximate surface area is 240 Å². The minimum Gasteiger partial charge on any atom is -0.492 e. The summed E-state index contributed by atoms with van der Waals surface area (Å²) < 4.78 is 7.73. The number of hydrogen-bond acceptors (Lipinski definition) is 8. The molecule has 1 fully saturated rings. The molecule has 4 aromatic rings. The minimum atomic E-state index is -0.241. The molecule has 1 aliphatic heterocycles. The molecule has 41 heavy (non-hydrogen) atoms. The highest BCUT2D eigenvalue weighted by molar-refractivity contribution is 6.05. The van der Waals surface area contributed by atoms with E-state index in [9.17, 15) is 10.1 Å². The summed E-state index contributed by atoms with van der Waals surface area (Å²) in [5.41, 5.74) is 4.84. The van der Waals surface area contributed by atoms with Crippen LogP contribution in [0.1, 0.15) is 25.1 Å². The molecule has 2 aromatic carbocycles. The van der Waals surface area contributed by atoms with Crippen LogP contribution in [0.15, 0.2) is 48.7 Å². The zero-order valence-corrected chi connectivity index (χ0v) is 24.1. The summed E-state index contributed by atoms with van der Waals surface area (Å²) in [6, 6.07) is 12.0. The molecule has 0 bridgehead atoms. The first-order valence-electron chi connectivity index (χ1n) is 14.0. The first-order valence-corrected chi connectivity index (χ1v) is 14.0. The topological polar surface area (TPSA) is 111 Å². The van der Waals surface area contributed by atoms with Crippen molar-refractivity contribution in [1.82, 2.24) is 24.6 Å². The highest BCUT2D eigenvalue weighted by Gasteiger charge is 2.19. The number of carbonyl (C=O) groups excluding carboxylic acids is 1. The van der Waals surface area contributed by atoms with Gasteiger partial charge in [-0.15, -0.1) is 0 Å². The summed E-state index contributed by atoms with van der Waals surface area (Å²) in [7, 11) is 4.03. The SMILES string of the molecule is CCOc1cc2nc(CC)c(C#N)c(Nc3ccc4c(cnn4C)c3)c2cc1NC(=O)/C=C/CN1CCN(C)CC1. The molecular formula is C31H36N8O2. The van der Waals surface area contributed by atoms with E-state index in [0.717, 1.165) is 49.3 Å². The maximum atomic E-state index is 13.0. The fourth-order valence-electron chi connectivity index (χ4n) is 5.12. The summed E-state index contributed by atoms with van der Waals surface area (Å²) in [6.07, 6.45) is 5.87. The number of amides is 1. The second-order valence-corrected chi connectivity index (χ2v) is 10.2. The van der Waals surface area contributed by atoms with Crippen LogP contribution in [0, 0.1) is 11.3 Å². The number of carbonyl (C=O) groups is 1. The van der Waals surface area contributed by atoms with Crippen LogP contribution in [-0.4, -0.2) is 76.8 Å². The van der Waals surface area contributed by atoms with Gasteiger partial charge in [0.25, 0.3) is 0 Å². The number of pyridine rings is 1. The van der Waals surface area contributed by atoms with Crippen molar-refractivity contribution >= 4 is 44.8 Å². The molecule has 0 atom stereocenters. The van der Waals surface area contributed by atoms with Crippen molar-refractivity contribution < 1.29 is 9.53 Å². The summed E-state index contributed by atoms with van der Waals surface area (Å²) in [5.74, 6) is 0.289.